The van der Waals surface area contributed by atoms with Crippen LogP contribution in [0.25, 0.3) is 0 Å². The molecule has 0 fully saturated rings. The maximum absolute atomic E-state index is 12.2. The zero-order valence-corrected chi connectivity index (χ0v) is 14.5. The maximum atomic E-state index is 12.2. The van der Waals surface area contributed by atoms with Crippen molar-refractivity contribution in [2.75, 3.05) is 12.4 Å². The second-order valence-electron chi connectivity index (χ2n) is 4.85. The molecule has 0 aliphatic rings. The molecule has 2 rings (SSSR count). The third kappa shape index (κ3) is 4.24. The molecule has 0 saturated heterocycles. The molecule has 1 atom stereocenters. The number of esters is 1. The minimum Gasteiger partial charge on any atom is -0.495 e. The zero-order valence-electron chi connectivity index (χ0n) is 12.9. The van der Waals surface area contributed by atoms with E-state index in [1.54, 1.807) is 29.0 Å². The van der Waals surface area contributed by atoms with Crippen LogP contribution in [0.2, 0.25) is 5.02 Å². The molecule has 23 heavy (non-hydrogen) atoms. The smallest absolute Gasteiger partial charge is 0.339 e. The van der Waals surface area contributed by atoms with Crippen molar-refractivity contribution in [3.8, 4) is 5.75 Å². The molecule has 122 valence electrons. The maximum Gasteiger partial charge on any atom is 0.339 e. The van der Waals surface area contributed by atoms with Gasteiger partial charge in [0.2, 0.25) is 0 Å². The number of nitrogens with one attached hydrogen (secondary N) is 1. The Labute approximate surface area is 143 Å². The Bertz CT molecular complexity index is 715. The zero-order chi connectivity index (χ0) is 17.0. The van der Waals surface area contributed by atoms with E-state index in [2.05, 4.69) is 5.32 Å². The molecule has 5 nitrogen and oxygen atoms in total. The van der Waals surface area contributed by atoms with E-state index >= 15 is 0 Å². The number of methoxy groups -OCH3 is 1. The first-order valence-corrected chi connectivity index (χ1v) is 8.12. The number of carbonyl (C=O) groups is 2. The van der Waals surface area contributed by atoms with Gasteiger partial charge < -0.3 is 14.8 Å². The molecule has 1 heterocycles. The van der Waals surface area contributed by atoms with Crippen LogP contribution in [0.15, 0.2) is 29.0 Å². The number of carbonyl (C=O) groups excluding carboxylic acids is 2. The van der Waals surface area contributed by atoms with E-state index in [0.29, 0.717) is 22.0 Å². The van der Waals surface area contributed by atoms with Gasteiger partial charge in [-0.1, -0.05) is 11.6 Å². The summed E-state index contributed by atoms with van der Waals surface area (Å²) in [5, 5.41) is 6.65. The summed E-state index contributed by atoms with van der Waals surface area (Å²) < 4.78 is 10.3. The lowest BCUT2D eigenvalue weighted by molar-refractivity contribution is -0.123. The summed E-state index contributed by atoms with van der Waals surface area (Å²) in [5.74, 6) is -0.549. The van der Waals surface area contributed by atoms with E-state index in [-0.39, 0.29) is 0 Å². The lowest BCUT2D eigenvalue weighted by atomic mass is 10.2. The number of amides is 1. The molecule has 0 saturated carbocycles. The van der Waals surface area contributed by atoms with Crippen molar-refractivity contribution in [2.24, 2.45) is 0 Å². The van der Waals surface area contributed by atoms with Gasteiger partial charge in [0.15, 0.2) is 6.10 Å². The van der Waals surface area contributed by atoms with E-state index in [1.165, 1.54) is 25.4 Å². The second kappa shape index (κ2) is 7.48. The van der Waals surface area contributed by atoms with E-state index < -0.39 is 18.0 Å². The molecule has 0 radical (unpaired) electrons. The van der Waals surface area contributed by atoms with Gasteiger partial charge in [-0.15, -0.1) is 0 Å². The molecule has 1 amide bonds. The quantitative estimate of drug-likeness (QED) is 0.828. The van der Waals surface area contributed by atoms with Crippen molar-refractivity contribution in [3.63, 3.8) is 0 Å². The molecule has 1 unspecified atom stereocenters. The average Bonchev–Trinajstić information content (AvgIpc) is 3.04. The van der Waals surface area contributed by atoms with Gasteiger partial charge in [-0.05, 0) is 36.9 Å². The first-order chi connectivity index (χ1) is 10.9. The first-order valence-electron chi connectivity index (χ1n) is 6.80. The predicted octanol–water partition coefficient (Wildman–Crippen LogP) is 3.90. The third-order valence-electron chi connectivity index (χ3n) is 3.15. The fourth-order valence-electron chi connectivity index (χ4n) is 1.83. The van der Waals surface area contributed by atoms with Crippen LogP contribution in [-0.4, -0.2) is 25.1 Å². The largest absolute Gasteiger partial charge is 0.495 e. The Kier molecular flexibility index (Phi) is 5.63. The monoisotopic (exact) mass is 353 g/mol. The Morgan fingerprint density at radius 3 is 2.70 bits per heavy atom. The highest BCUT2D eigenvalue weighted by atomic mass is 35.5. The van der Waals surface area contributed by atoms with Crippen LogP contribution in [0.5, 0.6) is 5.75 Å². The summed E-state index contributed by atoms with van der Waals surface area (Å²) in [7, 11) is 1.48. The molecule has 2 aromatic rings. The van der Waals surface area contributed by atoms with Crippen molar-refractivity contribution in [1.82, 2.24) is 0 Å². The van der Waals surface area contributed by atoms with E-state index in [9.17, 15) is 9.59 Å². The van der Waals surface area contributed by atoms with E-state index in [4.69, 9.17) is 21.1 Å². The fraction of sp³-hybridized carbons (Fsp3) is 0.250. The highest BCUT2D eigenvalue weighted by molar-refractivity contribution is 7.08. The van der Waals surface area contributed by atoms with Crippen LogP contribution >= 0.6 is 22.9 Å². The lowest BCUT2D eigenvalue weighted by Crippen LogP contribution is -2.30. The number of benzene rings is 1. The number of anilines is 1. The Balaban J connectivity index is 2.06. The molecule has 0 aliphatic heterocycles. The fourth-order valence-corrected chi connectivity index (χ4v) is 2.61. The number of halogens is 1. The molecule has 0 aliphatic carbocycles. The first kappa shape index (κ1) is 17.3. The topological polar surface area (TPSA) is 64.6 Å². The third-order valence-corrected chi connectivity index (χ3v) is 4.24. The second-order valence-corrected chi connectivity index (χ2v) is 6.04. The van der Waals surface area contributed by atoms with Crippen LogP contribution in [0, 0.1) is 6.92 Å². The number of rotatable bonds is 5. The molecular formula is C16H16ClNO4S. The van der Waals surface area contributed by atoms with Crippen molar-refractivity contribution in [3.05, 3.63) is 45.1 Å². The molecule has 1 N–H and O–H groups in total. The van der Waals surface area contributed by atoms with Gasteiger partial charge in [0.25, 0.3) is 5.91 Å². The van der Waals surface area contributed by atoms with Crippen LogP contribution in [0.4, 0.5) is 5.69 Å². The molecule has 7 heteroatoms. The summed E-state index contributed by atoms with van der Waals surface area (Å²) in [4.78, 5) is 24.1. The number of hydrogen-bond donors (Lipinski definition) is 1. The summed E-state index contributed by atoms with van der Waals surface area (Å²) >= 11 is 7.41. The highest BCUT2D eigenvalue weighted by Crippen LogP contribution is 2.31. The lowest BCUT2D eigenvalue weighted by Gasteiger charge is -2.16. The highest BCUT2D eigenvalue weighted by Gasteiger charge is 2.20. The minimum atomic E-state index is -0.942. The summed E-state index contributed by atoms with van der Waals surface area (Å²) in [6.45, 7) is 3.33. The number of ether oxygens (including phenoxy) is 2. The Morgan fingerprint density at radius 2 is 2.09 bits per heavy atom. The van der Waals surface area contributed by atoms with E-state index in [1.807, 2.05) is 6.92 Å². The van der Waals surface area contributed by atoms with Gasteiger partial charge >= 0.3 is 5.97 Å². The number of hydrogen-bond acceptors (Lipinski definition) is 5. The normalized spacial score (nSPS) is 11.7. The summed E-state index contributed by atoms with van der Waals surface area (Å²) in [6, 6.07) is 4.96. The SMILES string of the molecule is COc1cc(Cl)c(C)cc1NC(=O)C(C)OC(=O)c1ccsc1. The minimum absolute atomic E-state index is 0.426. The molecule has 1 aromatic carbocycles. The number of thiophene rings is 1. The van der Waals surface area contributed by atoms with Gasteiger partial charge in [-0.25, -0.2) is 4.79 Å². The van der Waals surface area contributed by atoms with Crippen LogP contribution in [-0.2, 0) is 9.53 Å². The van der Waals surface area contributed by atoms with Gasteiger partial charge in [-0.3, -0.25) is 4.79 Å². The Hall–Kier alpha value is -2.05. The van der Waals surface area contributed by atoms with Gasteiger partial charge in [0.1, 0.15) is 5.75 Å². The van der Waals surface area contributed by atoms with Crippen LogP contribution < -0.4 is 10.1 Å². The van der Waals surface area contributed by atoms with Gasteiger partial charge in [-0.2, -0.15) is 11.3 Å². The Morgan fingerprint density at radius 1 is 1.35 bits per heavy atom. The predicted molar refractivity (Wildman–Crippen MR) is 90.6 cm³/mol. The van der Waals surface area contributed by atoms with Crippen molar-refractivity contribution in [2.45, 2.75) is 20.0 Å². The molecule has 0 spiro atoms. The molecular weight excluding hydrogens is 338 g/mol. The molecule has 1 aromatic heterocycles. The van der Waals surface area contributed by atoms with Crippen molar-refractivity contribution < 1.29 is 19.1 Å². The van der Waals surface area contributed by atoms with E-state index in [0.717, 1.165) is 5.56 Å². The van der Waals surface area contributed by atoms with Crippen molar-refractivity contribution >= 4 is 40.5 Å². The van der Waals surface area contributed by atoms with Crippen LogP contribution in [0.1, 0.15) is 22.8 Å². The number of aryl methyl sites for hydroxylation is 1. The van der Waals surface area contributed by atoms with Crippen molar-refractivity contribution in [1.29, 1.82) is 0 Å². The van der Waals surface area contributed by atoms with Crippen LogP contribution in [0.3, 0.4) is 0 Å². The summed E-state index contributed by atoms with van der Waals surface area (Å²) in [5.41, 5.74) is 1.69. The standard InChI is InChI=1S/C16H16ClNO4S/c1-9-6-13(14(21-3)7-12(9)17)18-15(19)10(2)22-16(20)11-4-5-23-8-11/h4-8,10H,1-3H3,(H,18,19). The molecule has 0 bridgehead atoms. The summed E-state index contributed by atoms with van der Waals surface area (Å²) in [6.07, 6.45) is -0.942. The van der Waals surface area contributed by atoms with Gasteiger partial charge in [0, 0.05) is 16.5 Å². The average molecular weight is 354 g/mol. The van der Waals surface area contributed by atoms with Gasteiger partial charge in [0.05, 0.1) is 18.4 Å².